The number of nitrogens with zero attached hydrogens (tertiary/aromatic N) is 1. The number of rotatable bonds is 5. The number of imide groups is 1. The van der Waals surface area contributed by atoms with Gasteiger partial charge in [-0.25, -0.2) is 0 Å². The number of hydrogen-bond donors (Lipinski definition) is 1. The predicted molar refractivity (Wildman–Crippen MR) is 94.9 cm³/mol. The van der Waals surface area contributed by atoms with Crippen LogP contribution in [0.5, 0.6) is 0 Å². The van der Waals surface area contributed by atoms with Crippen LogP contribution < -0.4 is 5.32 Å². The van der Waals surface area contributed by atoms with Gasteiger partial charge >= 0.3 is 0 Å². The van der Waals surface area contributed by atoms with Gasteiger partial charge in [0.25, 0.3) is 17.0 Å². The third-order valence-electron chi connectivity index (χ3n) is 4.69. The van der Waals surface area contributed by atoms with Gasteiger partial charge in [-0.15, -0.1) is 0 Å². The minimum Gasteiger partial charge on any atom is -0.469 e. The summed E-state index contributed by atoms with van der Waals surface area (Å²) in [7, 11) is 0. The molecular weight excluding hydrogens is 324 g/mol. The zero-order valence-electron chi connectivity index (χ0n) is 13.6. The molecule has 2 amide bonds. The molecule has 1 fully saturated rings. The van der Waals surface area contributed by atoms with Gasteiger partial charge in [0.05, 0.1) is 17.7 Å². The first-order valence-electron chi connectivity index (χ1n) is 8.52. The molecule has 2 aliphatic rings. The zero-order chi connectivity index (χ0) is 16.9. The monoisotopic (exact) mass is 346 g/mol. The highest BCUT2D eigenvalue weighted by Gasteiger charge is 2.34. The number of benzene rings is 1. The maximum absolute atomic E-state index is 12.2. The van der Waals surface area contributed by atoms with Gasteiger partial charge in [-0.1, -0.05) is 31.4 Å². The molecule has 0 saturated heterocycles. The molecule has 3 rings (SSSR count). The molecule has 1 aromatic rings. The van der Waals surface area contributed by atoms with E-state index >= 15 is 0 Å². The van der Waals surface area contributed by atoms with E-state index in [1.54, 1.807) is 24.3 Å². The number of carbonyl (C=O) groups is 2. The van der Waals surface area contributed by atoms with Gasteiger partial charge in [-0.3, -0.25) is 14.5 Å². The number of ether oxygens (including phenoxy) is 1. The van der Waals surface area contributed by atoms with E-state index in [1.165, 1.54) is 37.0 Å². The van der Waals surface area contributed by atoms with Crippen molar-refractivity contribution in [3.8, 4) is 0 Å². The Morgan fingerprint density at radius 3 is 2.38 bits per heavy atom. The number of fused-ring (bicyclic) bond motifs is 1. The van der Waals surface area contributed by atoms with Crippen LogP contribution in [0.1, 0.15) is 52.8 Å². The lowest BCUT2D eigenvalue weighted by Crippen LogP contribution is -2.36. The molecule has 5 nitrogen and oxygen atoms in total. The molecule has 0 atom stereocenters. The van der Waals surface area contributed by atoms with E-state index in [9.17, 15) is 9.59 Å². The van der Waals surface area contributed by atoms with Crippen molar-refractivity contribution < 1.29 is 14.3 Å². The van der Waals surface area contributed by atoms with Crippen LogP contribution in [0.4, 0.5) is 0 Å². The molecule has 0 aromatic heterocycles. The number of nitrogens with one attached hydrogen (secondary N) is 1. The summed E-state index contributed by atoms with van der Waals surface area (Å²) in [6.45, 7) is 1.26. The molecule has 1 saturated carbocycles. The quantitative estimate of drug-likeness (QED) is 0.656. The van der Waals surface area contributed by atoms with Crippen molar-refractivity contribution in [2.45, 2.75) is 32.1 Å². The van der Waals surface area contributed by atoms with Crippen LogP contribution >= 0.6 is 12.2 Å². The van der Waals surface area contributed by atoms with Gasteiger partial charge in [0.15, 0.2) is 0 Å². The first kappa shape index (κ1) is 16.9. The van der Waals surface area contributed by atoms with E-state index in [-0.39, 0.29) is 25.0 Å². The van der Waals surface area contributed by atoms with E-state index < -0.39 is 0 Å². The van der Waals surface area contributed by atoms with Crippen molar-refractivity contribution in [3.63, 3.8) is 0 Å². The zero-order valence-corrected chi connectivity index (χ0v) is 14.4. The van der Waals surface area contributed by atoms with Crippen molar-refractivity contribution in [3.05, 3.63) is 35.4 Å². The third-order valence-corrected chi connectivity index (χ3v) is 4.95. The second-order valence-electron chi connectivity index (χ2n) is 6.33. The summed E-state index contributed by atoms with van der Waals surface area (Å²) in [5.74, 6) is 0.136. The first-order chi connectivity index (χ1) is 11.7. The van der Waals surface area contributed by atoms with Crippen LogP contribution in [0, 0.1) is 5.92 Å². The standard InChI is InChI=1S/C18H22N2O3S/c21-16-14-8-4-5-9-15(14)17(22)20(16)10-11-23-18(24)19-12-13-6-2-1-3-7-13/h4-5,8-9,13H,1-3,6-7,10-12H2,(H,19,24). The molecular formula is C18H22N2O3S. The van der Waals surface area contributed by atoms with E-state index in [1.807, 2.05) is 0 Å². The van der Waals surface area contributed by atoms with Crippen molar-refractivity contribution in [2.24, 2.45) is 5.92 Å². The summed E-state index contributed by atoms with van der Waals surface area (Å²) in [6, 6.07) is 6.86. The summed E-state index contributed by atoms with van der Waals surface area (Å²) in [4.78, 5) is 25.6. The van der Waals surface area contributed by atoms with Gasteiger partial charge in [0, 0.05) is 6.54 Å². The number of hydrogen-bond acceptors (Lipinski definition) is 4. The minimum absolute atomic E-state index is 0.206. The number of carbonyl (C=O) groups excluding carboxylic acids is 2. The Bertz CT molecular complexity index is 606. The molecule has 1 N–H and O–H groups in total. The lowest BCUT2D eigenvalue weighted by Gasteiger charge is -2.22. The Morgan fingerprint density at radius 2 is 1.75 bits per heavy atom. The lowest BCUT2D eigenvalue weighted by atomic mass is 9.89. The summed E-state index contributed by atoms with van der Waals surface area (Å²) >= 11 is 5.17. The van der Waals surface area contributed by atoms with E-state index in [0.717, 1.165) is 6.54 Å². The fourth-order valence-electron chi connectivity index (χ4n) is 3.34. The highest BCUT2D eigenvalue weighted by molar-refractivity contribution is 7.80. The second kappa shape index (κ2) is 7.75. The summed E-state index contributed by atoms with van der Waals surface area (Å²) in [5, 5.41) is 3.48. The Hall–Kier alpha value is -1.95. The van der Waals surface area contributed by atoms with Crippen molar-refractivity contribution in [1.29, 1.82) is 0 Å². The molecule has 6 heteroatoms. The smallest absolute Gasteiger partial charge is 0.261 e. The van der Waals surface area contributed by atoms with Crippen LogP contribution in [-0.4, -0.2) is 41.6 Å². The Balaban J connectivity index is 1.41. The molecule has 1 aliphatic heterocycles. The maximum atomic E-state index is 12.2. The topological polar surface area (TPSA) is 58.6 Å². The maximum Gasteiger partial charge on any atom is 0.261 e. The first-order valence-corrected chi connectivity index (χ1v) is 8.93. The van der Waals surface area contributed by atoms with Crippen LogP contribution in [0.15, 0.2) is 24.3 Å². The van der Waals surface area contributed by atoms with Crippen LogP contribution in [0.2, 0.25) is 0 Å². The van der Waals surface area contributed by atoms with Gasteiger partial charge in [0.2, 0.25) is 0 Å². The van der Waals surface area contributed by atoms with E-state index in [4.69, 9.17) is 17.0 Å². The molecule has 0 spiro atoms. The average Bonchev–Trinajstić information content (AvgIpc) is 2.86. The number of thiocarbonyl (C=S) groups is 1. The van der Waals surface area contributed by atoms with Crippen LogP contribution in [-0.2, 0) is 4.74 Å². The molecule has 1 aliphatic carbocycles. The minimum atomic E-state index is -0.264. The van der Waals surface area contributed by atoms with Crippen molar-refractivity contribution in [1.82, 2.24) is 10.2 Å². The molecule has 0 radical (unpaired) electrons. The summed E-state index contributed by atoms with van der Waals surface area (Å²) in [6.07, 6.45) is 6.40. The van der Waals surface area contributed by atoms with Crippen LogP contribution in [0.25, 0.3) is 0 Å². The SMILES string of the molecule is O=C1c2ccccc2C(=O)N1CCOC(=S)NCC1CCCCC1. The van der Waals surface area contributed by atoms with Crippen molar-refractivity contribution >= 4 is 29.2 Å². The third kappa shape index (κ3) is 3.75. The van der Waals surface area contributed by atoms with E-state index in [0.29, 0.717) is 22.2 Å². The fourth-order valence-corrected chi connectivity index (χ4v) is 3.51. The van der Waals surface area contributed by atoms with Crippen LogP contribution in [0.3, 0.4) is 0 Å². The largest absolute Gasteiger partial charge is 0.469 e. The molecule has 1 aromatic carbocycles. The molecule has 0 bridgehead atoms. The van der Waals surface area contributed by atoms with Gasteiger partial charge in [0.1, 0.15) is 6.61 Å². The number of amides is 2. The Morgan fingerprint density at radius 1 is 1.12 bits per heavy atom. The molecule has 0 unspecified atom stereocenters. The predicted octanol–water partition coefficient (Wildman–Crippen LogP) is 2.75. The summed E-state index contributed by atoms with van der Waals surface area (Å²) < 4.78 is 5.46. The Kier molecular flexibility index (Phi) is 5.45. The Labute approximate surface area is 147 Å². The van der Waals surface area contributed by atoms with Gasteiger partial charge in [-0.2, -0.15) is 0 Å². The molecule has 128 valence electrons. The van der Waals surface area contributed by atoms with Crippen molar-refractivity contribution in [2.75, 3.05) is 19.7 Å². The molecule has 1 heterocycles. The lowest BCUT2D eigenvalue weighted by molar-refractivity contribution is 0.0627. The molecule has 24 heavy (non-hydrogen) atoms. The van der Waals surface area contributed by atoms with Gasteiger partial charge in [-0.05, 0) is 43.1 Å². The summed E-state index contributed by atoms with van der Waals surface area (Å²) in [5.41, 5.74) is 0.918. The highest BCUT2D eigenvalue weighted by atomic mass is 32.1. The average molecular weight is 346 g/mol. The van der Waals surface area contributed by atoms with Gasteiger partial charge < -0.3 is 10.1 Å². The highest BCUT2D eigenvalue weighted by Crippen LogP contribution is 2.23. The van der Waals surface area contributed by atoms with E-state index in [2.05, 4.69) is 5.32 Å². The normalized spacial score (nSPS) is 17.8. The fraction of sp³-hybridized carbons (Fsp3) is 0.500. The second-order valence-corrected chi connectivity index (χ2v) is 6.70.